The van der Waals surface area contributed by atoms with Crippen molar-refractivity contribution in [3.8, 4) is 0 Å². The van der Waals surface area contributed by atoms with Gasteiger partial charge in [-0.05, 0) is 17.7 Å². The molecular weight excluding hydrogens is 178 g/mol. The summed E-state index contributed by atoms with van der Waals surface area (Å²) in [5.41, 5.74) is 1.19. The van der Waals surface area contributed by atoms with E-state index in [0.717, 1.165) is 5.75 Å². The third kappa shape index (κ3) is 1.68. The number of pyridine rings is 1. The molecule has 0 saturated heterocycles. The molecule has 0 unspecified atom stereocenters. The van der Waals surface area contributed by atoms with Crippen LogP contribution in [0.2, 0.25) is 0 Å². The number of hydrogen-bond acceptors (Lipinski definition) is 2. The molecule has 2 rings (SSSR count). The first kappa shape index (κ1) is 8.57. The van der Waals surface area contributed by atoms with Crippen LogP contribution >= 0.6 is 11.8 Å². The van der Waals surface area contributed by atoms with Gasteiger partial charge in [-0.1, -0.05) is 24.3 Å². The summed E-state index contributed by atoms with van der Waals surface area (Å²) < 4.78 is 0. The van der Waals surface area contributed by atoms with Crippen LogP contribution < -0.4 is 0 Å². The van der Waals surface area contributed by atoms with Gasteiger partial charge >= 0.3 is 0 Å². The SMILES string of the molecule is CSCc1nccc2ccccc12. The number of hydrogen-bond donors (Lipinski definition) is 0. The van der Waals surface area contributed by atoms with Crippen molar-refractivity contribution < 1.29 is 0 Å². The fourth-order valence-corrected chi connectivity index (χ4v) is 1.94. The quantitative estimate of drug-likeness (QED) is 0.720. The average molecular weight is 189 g/mol. The third-order valence-corrected chi connectivity index (χ3v) is 2.60. The molecule has 0 aliphatic rings. The topological polar surface area (TPSA) is 12.9 Å². The Morgan fingerprint density at radius 3 is 2.92 bits per heavy atom. The smallest absolute Gasteiger partial charge is 0.0580 e. The Balaban J connectivity index is 2.61. The third-order valence-electron chi connectivity index (χ3n) is 2.04. The Morgan fingerprint density at radius 1 is 1.23 bits per heavy atom. The van der Waals surface area contributed by atoms with Crippen LogP contribution in [0, 0.1) is 0 Å². The second kappa shape index (κ2) is 3.79. The van der Waals surface area contributed by atoms with Gasteiger partial charge in [0.15, 0.2) is 0 Å². The minimum absolute atomic E-state index is 0.987. The van der Waals surface area contributed by atoms with E-state index in [9.17, 15) is 0 Å². The number of benzene rings is 1. The summed E-state index contributed by atoms with van der Waals surface area (Å²) in [6.07, 6.45) is 3.98. The van der Waals surface area contributed by atoms with Gasteiger partial charge in [0, 0.05) is 17.3 Å². The molecule has 1 aromatic heterocycles. The van der Waals surface area contributed by atoms with E-state index in [-0.39, 0.29) is 0 Å². The molecule has 66 valence electrons. The minimum atomic E-state index is 0.987. The zero-order chi connectivity index (χ0) is 9.10. The van der Waals surface area contributed by atoms with Crippen LogP contribution in [0.25, 0.3) is 10.8 Å². The summed E-state index contributed by atoms with van der Waals surface area (Å²) in [4.78, 5) is 4.38. The summed E-state index contributed by atoms with van der Waals surface area (Å²) >= 11 is 1.81. The zero-order valence-electron chi connectivity index (χ0n) is 7.53. The van der Waals surface area contributed by atoms with E-state index in [2.05, 4.69) is 41.6 Å². The predicted molar refractivity (Wildman–Crippen MR) is 59.0 cm³/mol. The molecule has 0 atom stereocenters. The lowest BCUT2D eigenvalue weighted by atomic mass is 10.1. The Morgan fingerprint density at radius 2 is 2.08 bits per heavy atom. The van der Waals surface area contributed by atoms with E-state index >= 15 is 0 Å². The summed E-state index contributed by atoms with van der Waals surface area (Å²) in [5, 5.41) is 2.56. The van der Waals surface area contributed by atoms with Crippen molar-refractivity contribution in [2.75, 3.05) is 6.26 Å². The van der Waals surface area contributed by atoms with Crippen molar-refractivity contribution in [3.63, 3.8) is 0 Å². The van der Waals surface area contributed by atoms with Gasteiger partial charge < -0.3 is 0 Å². The van der Waals surface area contributed by atoms with E-state index in [0.29, 0.717) is 0 Å². The Hall–Kier alpha value is -1.02. The number of thioether (sulfide) groups is 1. The van der Waals surface area contributed by atoms with Crippen LogP contribution in [0.3, 0.4) is 0 Å². The minimum Gasteiger partial charge on any atom is -0.260 e. The van der Waals surface area contributed by atoms with Gasteiger partial charge in [-0.25, -0.2) is 0 Å². The van der Waals surface area contributed by atoms with Crippen molar-refractivity contribution in [2.24, 2.45) is 0 Å². The molecule has 2 aromatic rings. The van der Waals surface area contributed by atoms with E-state index in [1.54, 1.807) is 0 Å². The maximum absolute atomic E-state index is 4.38. The monoisotopic (exact) mass is 189 g/mol. The van der Waals surface area contributed by atoms with Crippen molar-refractivity contribution in [1.82, 2.24) is 4.98 Å². The predicted octanol–water partition coefficient (Wildman–Crippen LogP) is 3.10. The molecule has 0 radical (unpaired) electrons. The van der Waals surface area contributed by atoms with Gasteiger partial charge in [0.2, 0.25) is 0 Å². The van der Waals surface area contributed by atoms with Crippen LogP contribution in [0.15, 0.2) is 36.5 Å². The van der Waals surface area contributed by atoms with Crippen LogP contribution in [0.5, 0.6) is 0 Å². The lowest BCUT2D eigenvalue weighted by Crippen LogP contribution is -1.87. The molecule has 2 heteroatoms. The zero-order valence-corrected chi connectivity index (χ0v) is 8.34. The van der Waals surface area contributed by atoms with Gasteiger partial charge in [-0.2, -0.15) is 11.8 Å². The molecule has 1 nitrogen and oxygen atoms in total. The summed E-state index contributed by atoms with van der Waals surface area (Å²) in [7, 11) is 0. The highest BCUT2D eigenvalue weighted by Crippen LogP contribution is 2.19. The first-order valence-electron chi connectivity index (χ1n) is 4.23. The van der Waals surface area contributed by atoms with Crippen molar-refractivity contribution in [1.29, 1.82) is 0 Å². The van der Waals surface area contributed by atoms with Gasteiger partial charge in [-0.15, -0.1) is 0 Å². The van der Waals surface area contributed by atoms with E-state index < -0.39 is 0 Å². The van der Waals surface area contributed by atoms with Crippen LogP contribution in [0.1, 0.15) is 5.69 Å². The fourth-order valence-electron chi connectivity index (χ4n) is 1.43. The molecule has 0 saturated carbocycles. The fraction of sp³-hybridized carbons (Fsp3) is 0.182. The van der Waals surface area contributed by atoms with Gasteiger partial charge in [0.1, 0.15) is 0 Å². The molecule has 0 spiro atoms. The molecule has 0 fully saturated rings. The molecule has 0 amide bonds. The first-order chi connectivity index (χ1) is 6.42. The van der Waals surface area contributed by atoms with Gasteiger partial charge in [0.05, 0.1) is 5.69 Å². The largest absolute Gasteiger partial charge is 0.260 e. The van der Waals surface area contributed by atoms with E-state index in [4.69, 9.17) is 0 Å². The number of nitrogens with zero attached hydrogens (tertiary/aromatic N) is 1. The molecular formula is C11H11NS. The molecule has 0 N–H and O–H groups in total. The maximum atomic E-state index is 4.38. The van der Waals surface area contributed by atoms with E-state index in [1.165, 1.54) is 16.5 Å². The number of fused-ring (bicyclic) bond motifs is 1. The Bertz CT molecular complexity index is 406. The maximum Gasteiger partial charge on any atom is 0.0580 e. The van der Waals surface area contributed by atoms with Crippen LogP contribution in [-0.2, 0) is 5.75 Å². The highest BCUT2D eigenvalue weighted by Gasteiger charge is 1.99. The standard InChI is InChI=1S/C11H11NS/c1-13-8-11-10-5-3-2-4-9(10)6-7-12-11/h2-7H,8H2,1H3. The highest BCUT2D eigenvalue weighted by molar-refractivity contribution is 7.97. The lowest BCUT2D eigenvalue weighted by Gasteiger charge is -2.02. The molecule has 0 aliphatic carbocycles. The second-order valence-corrected chi connectivity index (χ2v) is 3.78. The normalized spacial score (nSPS) is 10.5. The summed E-state index contributed by atoms with van der Waals surface area (Å²) in [6.45, 7) is 0. The molecule has 1 aromatic carbocycles. The highest BCUT2D eigenvalue weighted by atomic mass is 32.2. The van der Waals surface area contributed by atoms with Crippen LogP contribution in [-0.4, -0.2) is 11.2 Å². The molecule has 13 heavy (non-hydrogen) atoms. The summed E-state index contributed by atoms with van der Waals surface area (Å²) in [5.74, 6) is 0.987. The summed E-state index contributed by atoms with van der Waals surface area (Å²) in [6, 6.07) is 10.4. The first-order valence-corrected chi connectivity index (χ1v) is 5.63. The van der Waals surface area contributed by atoms with Crippen molar-refractivity contribution >= 4 is 22.5 Å². The van der Waals surface area contributed by atoms with Gasteiger partial charge in [0.25, 0.3) is 0 Å². The van der Waals surface area contributed by atoms with Crippen molar-refractivity contribution in [2.45, 2.75) is 5.75 Å². The molecule has 0 bridgehead atoms. The van der Waals surface area contributed by atoms with Gasteiger partial charge in [-0.3, -0.25) is 4.98 Å². The van der Waals surface area contributed by atoms with Crippen LogP contribution in [0.4, 0.5) is 0 Å². The second-order valence-electron chi connectivity index (χ2n) is 2.91. The van der Waals surface area contributed by atoms with Crippen molar-refractivity contribution in [3.05, 3.63) is 42.2 Å². The molecule has 0 aliphatic heterocycles. The van der Waals surface area contributed by atoms with E-state index in [1.807, 2.05) is 18.0 Å². The molecule has 1 heterocycles. The average Bonchev–Trinajstić information content (AvgIpc) is 2.19. The number of rotatable bonds is 2. The number of aromatic nitrogens is 1. The Kier molecular flexibility index (Phi) is 2.50. The lowest BCUT2D eigenvalue weighted by molar-refractivity contribution is 1.21. The Labute approximate surface area is 82.2 Å².